The number of halogens is 3. The van der Waals surface area contributed by atoms with Crippen LogP contribution in [0, 0.1) is 0 Å². The SMILES string of the molecule is [2H]C([2H])([2H])C([2H])(Nc1cc(-c2c[nH]c(C(=O)N[C@H](CO)c3cc(Cl)cc(Cl)c3)c2)c(Cl)cn1)C([2H])([2H])[2H]. The van der Waals surface area contributed by atoms with E-state index in [9.17, 15) is 9.90 Å². The summed E-state index contributed by atoms with van der Waals surface area (Å²) in [6, 6.07) is 3.52. The van der Waals surface area contributed by atoms with Gasteiger partial charge in [0.15, 0.2) is 0 Å². The number of hydrogen-bond acceptors (Lipinski definition) is 4. The maximum absolute atomic E-state index is 12.8. The number of aliphatic hydroxyl groups is 1. The largest absolute Gasteiger partial charge is 0.394 e. The molecule has 0 aliphatic carbocycles. The van der Waals surface area contributed by atoms with E-state index in [-0.39, 0.29) is 22.1 Å². The maximum Gasteiger partial charge on any atom is 0.268 e. The average molecular weight is 475 g/mol. The lowest BCUT2D eigenvalue weighted by Gasteiger charge is -2.17. The number of amides is 1. The second kappa shape index (κ2) is 9.71. The van der Waals surface area contributed by atoms with E-state index >= 15 is 0 Å². The molecule has 3 aromatic rings. The second-order valence-electron chi connectivity index (χ2n) is 6.26. The fourth-order valence-corrected chi connectivity index (χ4v) is 3.54. The normalized spacial score (nSPS) is 16.7. The highest BCUT2D eigenvalue weighted by Gasteiger charge is 2.18. The molecule has 0 fully saturated rings. The first-order chi connectivity index (χ1) is 17.1. The van der Waals surface area contributed by atoms with Gasteiger partial charge < -0.3 is 20.7 Å². The average Bonchev–Trinajstić information content (AvgIpc) is 3.26. The zero-order valence-corrected chi connectivity index (χ0v) is 17.5. The number of carbonyl (C=O) groups is 1. The Kier molecular flexibility index (Phi) is 4.76. The number of aromatic amines is 1. The monoisotopic (exact) mass is 473 g/mol. The zero-order valence-electron chi connectivity index (χ0n) is 22.3. The van der Waals surface area contributed by atoms with Crippen LogP contribution in [0.3, 0.4) is 0 Å². The van der Waals surface area contributed by atoms with E-state index in [1.807, 2.05) is 0 Å². The summed E-state index contributed by atoms with van der Waals surface area (Å²) in [6.07, 6.45) is 2.61. The summed E-state index contributed by atoms with van der Waals surface area (Å²) in [7, 11) is 0. The van der Waals surface area contributed by atoms with Crippen molar-refractivity contribution in [2.75, 3.05) is 11.9 Å². The molecule has 1 amide bonds. The highest BCUT2D eigenvalue weighted by Crippen LogP contribution is 2.30. The summed E-state index contributed by atoms with van der Waals surface area (Å²) >= 11 is 18.3. The van der Waals surface area contributed by atoms with Crippen LogP contribution in [0.2, 0.25) is 15.1 Å². The van der Waals surface area contributed by atoms with Gasteiger partial charge in [0.1, 0.15) is 11.5 Å². The van der Waals surface area contributed by atoms with E-state index in [4.69, 9.17) is 44.4 Å². The van der Waals surface area contributed by atoms with Crippen LogP contribution >= 0.6 is 34.8 Å². The van der Waals surface area contributed by atoms with E-state index in [1.165, 1.54) is 24.4 Å². The van der Waals surface area contributed by atoms with Gasteiger partial charge in [-0.1, -0.05) is 34.8 Å². The molecule has 1 atom stereocenters. The minimum Gasteiger partial charge on any atom is -0.394 e. The third kappa shape index (κ3) is 5.46. The van der Waals surface area contributed by atoms with Crippen LogP contribution in [0.1, 0.15) is 45.4 Å². The van der Waals surface area contributed by atoms with Gasteiger partial charge in [0.05, 0.1) is 19.0 Å². The predicted octanol–water partition coefficient (Wildman–Crippen LogP) is 5.32. The van der Waals surface area contributed by atoms with Crippen molar-refractivity contribution in [3.05, 3.63) is 69.1 Å². The standard InChI is InChI=1S/C21H21Cl3N4O2/c1-11(2)27-20-7-16(17(24)9-26-20)13-5-18(25-8-13)21(30)28-19(10-29)12-3-14(22)6-15(23)4-12/h3-9,11,19,25,29H,10H2,1-2H3,(H,26,27)(H,28,30)/t19-/m1/s1/i1D3,2D3,11D. The van der Waals surface area contributed by atoms with E-state index in [1.54, 1.807) is 12.1 Å². The summed E-state index contributed by atoms with van der Waals surface area (Å²) < 4.78 is 53.4. The van der Waals surface area contributed by atoms with Crippen molar-refractivity contribution in [2.45, 2.75) is 25.8 Å². The number of anilines is 1. The van der Waals surface area contributed by atoms with Gasteiger partial charge in [0.25, 0.3) is 5.91 Å². The van der Waals surface area contributed by atoms with Crippen molar-refractivity contribution in [1.82, 2.24) is 15.3 Å². The molecule has 30 heavy (non-hydrogen) atoms. The molecule has 0 saturated carbocycles. The van der Waals surface area contributed by atoms with Gasteiger partial charge in [0, 0.05) is 47.8 Å². The number of aromatic nitrogens is 2. The molecule has 6 nitrogen and oxygen atoms in total. The van der Waals surface area contributed by atoms with Crippen molar-refractivity contribution >= 4 is 46.5 Å². The third-order valence-corrected chi connectivity index (χ3v) is 4.86. The summed E-state index contributed by atoms with van der Waals surface area (Å²) in [5.74, 6) is -0.785. The molecule has 0 aliphatic rings. The van der Waals surface area contributed by atoms with Crippen molar-refractivity contribution in [2.24, 2.45) is 0 Å². The van der Waals surface area contributed by atoms with Crippen LogP contribution in [0.4, 0.5) is 5.82 Å². The van der Waals surface area contributed by atoms with Crippen LogP contribution in [-0.4, -0.2) is 33.6 Å². The molecule has 0 spiro atoms. The van der Waals surface area contributed by atoms with Gasteiger partial charge in [-0.05, 0) is 49.6 Å². The lowest BCUT2D eigenvalue weighted by molar-refractivity contribution is 0.0911. The Morgan fingerprint density at radius 2 is 1.97 bits per heavy atom. The van der Waals surface area contributed by atoms with Crippen LogP contribution in [0.25, 0.3) is 11.1 Å². The summed E-state index contributed by atoms with van der Waals surface area (Å²) in [5, 5.41) is 15.4. The number of pyridine rings is 1. The lowest BCUT2D eigenvalue weighted by atomic mass is 10.1. The Hall–Kier alpha value is -2.25. The molecule has 2 heterocycles. The Bertz CT molecular complexity index is 1260. The van der Waals surface area contributed by atoms with Crippen LogP contribution in [-0.2, 0) is 0 Å². The minimum atomic E-state index is -3.21. The summed E-state index contributed by atoms with van der Waals surface area (Å²) in [4.78, 5) is 19.5. The van der Waals surface area contributed by atoms with Crippen molar-refractivity contribution in [3.63, 3.8) is 0 Å². The number of carbonyl (C=O) groups excluding carboxylic acids is 1. The van der Waals surface area contributed by atoms with E-state index in [0.29, 0.717) is 21.2 Å². The molecule has 0 aliphatic heterocycles. The number of benzene rings is 1. The molecule has 2 aromatic heterocycles. The Morgan fingerprint density at radius 3 is 2.63 bits per heavy atom. The second-order valence-corrected chi connectivity index (χ2v) is 7.54. The van der Waals surface area contributed by atoms with Gasteiger partial charge in [-0.25, -0.2) is 4.98 Å². The fourth-order valence-electron chi connectivity index (χ4n) is 2.78. The van der Waals surface area contributed by atoms with Crippen LogP contribution < -0.4 is 10.6 Å². The third-order valence-electron chi connectivity index (χ3n) is 4.12. The van der Waals surface area contributed by atoms with Crippen molar-refractivity contribution < 1.29 is 19.5 Å². The number of nitrogens with one attached hydrogen (secondary N) is 3. The van der Waals surface area contributed by atoms with Crippen molar-refractivity contribution in [1.29, 1.82) is 0 Å². The van der Waals surface area contributed by atoms with Gasteiger partial charge in [-0.2, -0.15) is 0 Å². The van der Waals surface area contributed by atoms with Gasteiger partial charge in [-0.15, -0.1) is 0 Å². The Morgan fingerprint density at radius 1 is 1.23 bits per heavy atom. The fraction of sp³-hybridized carbons (Fsp3) is 0.238. The lowest BCUT2D eigenvalue weighted by Crippen LogP contribution is -2.31. The highest BCUT2D eigenvalue weighted by molar-refractivity contribution is 6.34. The van der Waals surface area contributed by atoms with E-state index < -0.39 is 38.3 Å². The first kappa shape index (κ1) is 14.7. The number of rotatable bonds is 7. The predicted molar refractivity (Wildman–Crippen MR) is 122 cm³/mol. The van der Waals surface area contributed by atoms with Gasteiger partial charge in [-0.3, -0.25) is 4.79 Å². The minimum absolute atomic E-state index is 0.101. The van der Waals surface area contributed by atoms with Crippen molar-refractivity contribution in [3.8, 4) is 11.1 Å². The molecular formula is C21H21Cl3N4O2. The zero-order chi connectivity index (χ0) is 27.8. The summed E-state index contributed by atoms with van der Waals surface area (Å²) in [5.41, 5.74) is 1.28. The molecular weight excluding hydrogens is 447 g/mol. The smallest absolute Gasteiger partial charge is 0.268 e. The number of nitrogens with zero attached hydrogens (tertiary/aromatic N) is 1. The Balaban J connectivity index is 1.87. The van der Waals surface area contributed by atoms with Gasteiger partial charge >= 0.3 is 0 Å². The quantitative estimate of drug-likeness (QED) is 0.373. The topological polar surface area (TPSA) is 90.0 Å². The molecule has 0 saturated heterocycles. The molecule has 158 valence electrons. The molecule has 9 heteroatoms. The van der Waals surface area contributed by atoms with Crippen LogP contribution in [0.15, 0.2) is 42.7 Å². The highest BCUT2D eigenvalue weighted by atomic mass is 35.5. The molecule has 1 aromatic carbocycles. The molecule has 0 radical (unpaired) electrons. The molecule has 0 bridgehead atoms. The molecule has 0 unspecified atom stereocenters. The maximum atomic E-state index is 12.8. The van der Waals surface area contributed by atoms with E-state index in [2.05, 4.69) is 20.6 Å². The molecule has 4 N–H and O–H groups in total. The first-order valence-electron chi connectivity index (χ1n) is 12.1. The molecule has 3 rings (SSSR count). The summed E-state index contributed by atoms with van der Waals surface area (Å²) in [6.45, 7) is -6.85. The van der Waals surface area contributed by atoms with E-state index in [0.717, 1.165) is 6.20 Å². The number of aliphatic hydroxyl groups excluding tert-OH is 1. The number of H-pyrrole nitrogens is 1. The Labute approximate surface area is 199 Å². The number of hydrogen-bond donors (Lipinski definition) is 4. The van der Waals surface area contributed by atoms with Crippen LogP contribution in [0.5, 0.6) is 0 Å². The van der Waals surface area contributed by atoms with Gasteiger partial charge in [0.2, 0.25) is 0 Å². The first-order valence-corrected chi connectivity index (χ1v) is 9.69.